The van der Waals surface area contributed by atoms with Crippen molar-refractivity contribution in [2.75, 3.05) is 13.1 Å². The lowest BCUT2D eigenvalue weighted by atomic mass is 10.1. The quantitative estimate of drug-likeness (QED) is 0.636. The number of nitrogens with one attached hydrogen (secondary N) is 1. The van der Waals surface area contributed by atoms with Gasteiger partial charge in [0.05, 0.1) is 11.7 Å². The van der Waals surface area contributed by atoms with Gasteiger partial charge in [0, 0.05) is 6.54 Å². The fraction of sp³-hybridized carbons (Fsp3) is 0.278. The first kappa shape index (κ1) is 16.2. The molecule has 0 saturated heterocycles. The third kappa shape index (κ3) is 4.41. The molecule has 0 heterocycles. The summed E-state index contributed by atoms with van der Waals surface area (Å²) in [4.78, 5) is 12.1. The molecule has 4 nitrogen and oxygen atoms in total. The van der Waals surface area contributed by atoms with Crippen molar-refractivity contribution in [2.24, 2.45) is 0 Å². The van der Waals surface area contributed by atoms with Crippen molar-refractivity contribution in [2.45, 2.75) is 20.0 Å². The van der Waals surface area contributed by atoms with Crippen molar-refractivity contribution in [1.29, 1.82) is 0 Å². The number of aliphatic hydroxyl groups excluding tert-OH is 1. The number of aliphatic hydroxyl groups is 1. The van der Waals surface area contributed by atoms with E-state index in [1.54, 1.807) is 30.3 Å². The first-order valence-corrected chi connectivity index (χ1v) is 7.37. The number of hydrogen-bond donors (Lipinski definition) is 2. The van der Waals surface area contributed by atoms with Gasteiger partial charge in [-0.25, -0.2) is 4.79 Å². The fourth-order valence-corrected chi connectivity index (χ4v) is 2.04. The van der Waals surface area contributed by atoms with E-state index in [9.17, 15) is 9.90 Å². The molecular formula is C18H21NO3. The molecule has 0 amide bonds. The predicted molar refractivity (Wildman–Crippen MR) is 86.1 cm³/mol. The lowest BCUT2D eigenvalue weighted by Crippen LogP contribution is -2.20. The molecule has 2 aromatic rings. The number of carbonyl (C=O) groups is 1. The van der Waals surface area contributed by atoms with E-state index < -0.39 is 12.1 Å². The Kier molecular flexibility index (Phi) is 5.69. The zero-order valence-corrected chi connectivity index (χ0v) is 12.9. The maximum absolute atomic E-state index is 12.1. The maximum atomic E-state index is 12.1. The van der Waals surface area contributed by atoms with Crippen LogP contribution >= 0.6 is 0 Å². The van der Waals surface area contributed by atoms with Gasteiger partial charge >= 0.3 is 5.97 Å². The topological polar surface area (TPSA) is 58.6 Å². The van der Waals surface area contributed by atoms with E-state index >= 15 is 0 Å². The van der Waals surface area contributed by atoms with Gasteiger partial charge in [-0.3, -0.25) is 0 Å². The number of benzene rings is 2. The molecule has 0 aliphatic rings. The van der Waals surface area contributed by atoms with E-state index in [0.717, 1.165) is 17.7 Å². The van der Waals surface area contributed by atoms with Crippen molar-refractivity contribution in [3.63, 3.8) is 0 Å². The van der Waals surface area contributed by atoms with E-state index in [4.69, 9.17) is 4.74 Å². The lowest BCUT2D eigenvalue weighted by molar-refractivity contribution is 0.0734. The van der Waals surface area contributed by atoms with Gasteiger partial charge in [-0.1, -0.05) is 36.8 Å². The molecule has 0 radical (unpaired) electrons. The van der Waals surface area contributed by atoms with Crippen LogP contribution in [0.5, 0.6) is 5.75 Å². The molecule has 116 valence electrons. The van der Waals surface area contributed by atoms with Crippen molar-refractivity contribution >= 4 is 5.97 Å². The highest BCUT2D eigenvalue weighted by Gasteiger charge is 2.11. The molecular weight excluding hydrogens is 278 g/mol. The van der Waals surface area contributed by atoms with E-state index in [1.165, 1.54) is 0 Å². The van der Waals surface area contributed by atoms with Gasteiger partial charge in [0.15, 0.2) is 0 Å². The average Bonchev–Trinajstić information content (AvgIpc) is 2.53. The second-order valence-corrected chi connectivity index (χ2v) is 5.15. The molecule has 2 N–H and O–H groups in total. The van der Waals surface area contributed by atoms with Gasteiger partial charge in [-0.05, 0) is 43.3 Å². The molecule has 1 atom stereocenters. The van der Waals surface area contributed by atoms with Gasteiger partial charge in [0.25, 0.3) is 0 Å². The SMILES string of the molecule is CCNCC(O)c1cccc(OC(=O)c2ccc(C)cc2)c1. The molecule has 0 bridgehead atoms. The molecule has 0 aromatic heterocycles. The molecule has 0 saturated carbocycles. The third-order valence-corrected chi connectivity index (χ3v) is 3.33. The van der Waals surface area contributed by atoms with E-state index in [1.807, 2.05) is 32.0 Å². The molecule has 1 unspecified atom stereocenters. The number of rotatable bonds is 6. The Labute approximate surface area is 130 Å². The fourth-order valence-electron chi connectivity index (χ4n) is 2.04. The zero-order chi connectivity index (χ0) is 15.9. The Bertz CT molecular complexity index is 622. The normalized spacial score (nSPS) is 12.0. The van der Waals surface area contributed by atoms with Crippen molar-refractivity contribution in [3.8, 4) is 5.75 Å². The summed E-state index contributed by atoms with van der Waals surface area (Å²) in [5, 5.41) is 13.1. The number of ether oxygens (including phenoxy) is 1. The Hall–Kier alpha value is -2.17. The Balaban J connectivity index is 2.06. The minimum Gasteiger partial charge on any atom is -0.423 e. The van der Waals surface area contributed by atoms with Gasteiger partial charge in [0.1, 0.15) is 5.75 Å². The number of aryl methyl sites for hydroxylation is 1. The Morgan fingerprint density at radius 2 is 1.95 bits per heavy atom. The summed E-state index contributed by atoms with van der Waals surface area (Å²) in [6.45, 7) is 5.20. The van der Waals surface area contributed by atoms with E-state index in [2.05, 4.69) is 5.32 Å². The molecule has 0 aliphatic carbocycles. The minimum absolute atomic E-state index is 0.404. The molecule has 0 fully saturated rings. The van der Waals surface area contributed by atoms with Crippen LogP contribution in [0, 0.1) is 6.92 Å². The van der Waals surface area contributed by atoms with Crippen LogP contribution in [0.4, 0.5) is 0 Å². The molecule has 22 heavy (non-hydrogen) atoms. The minimum atomic E-state index is -0.627. The Morgan fingerprint density at radius 3 is 2.64 bits per heavy atom. The number of hydrogen-bond acceptors (Lipinski definition) is 4. The summed E-state index contributed by atoms with van der Waals surface area (Å²) in [6, 6.07) is 14.2. The highest BCUT2D eigenvalue weighted by Crippen LogP contribution is 2.20. The highest BCUT2D eigenvalue weighted by atomic mass is 16.5. The lowest BCUT2D eigenvalue weighted by Gasteiger charge is -2.12. The summed E-state index contributed by atoms with van der Waals surface area (Å²) in [7, 11) is 0. The average molecular weight is 299 g/mol. The monoisotopic (exact) mass is 299 g/mol. The first-order valence-electron chi connectivity index (χ1n) is 7.37. The maximum Gasteiger partial charge on any atom is 0.343 e. The van der Waals surface area contributed by atoms with Crippen LogP contribution in [-0.4, -0.2) is 24.2 Å². The van der Waals surface area contributed by atoms with Gasteiger partial charge in [-0.2, -0.15) is 0 Å². The first-order chi connectivity index (χ1) is 10.6. The summed E-state index contributed by atoms with van der Waals surface area (Å²) >= 11 is 0. The van der Waals surface area contributed by atoms with Crippen LogP contribution in [0.1, 0.15) is 34.5 Å². The summed E-state index contributed by atoms with van der Waals surface area (Å²) in [5.74, 6) is 0.0250. The van der Waals surface area contributed by atoms with Gasteiger partial charge < -0.3 is 15.2 Å². The highest BCUT2D eigenvalue weighted by molar-refractivity contribution is 5.91. The van der Waals surface area contributed by atoms with E-state index in [-0.39, 0.29) is 0 Å². The molecule has 0 aliphatic heterocycles. The van der Waals surface area contributed by atoms with Crippen LogP contribution in [0.15, 0.2) is 48.5 Å². The third-order valence-electron chi connectivity index (χ3n) is 3.33. The zero-order valence-electron chi connectivity index (χ0n) is 12.9. The second kappa shape index (κ2) is 7.73. The molecule has 2 aromatic carbocycles. The summed E-state index contributed by atoms with van der Waals surface area (Å²) in [6.07, 6.45) is -0.627. The smallest absolute Gasteiger partial charge is 0.343 e. The second-order valence-electron chi connectivity index (χ2n) is 5.15. The number of carbonyl (C=O) groups excluding carboxylic acids is 1. The standard InChI is InChI=1S/C18H21NO3/c1-3-19-12-17(20)15-5-4-6-16(11-15)22-18(21)14-9-7-13(2)8-10-14/h4-11,17,19-20H,3,12H2,1-2H3. The predicted octanol–water partition coefficient (Wildman–Crippen LogP) is 2.86. The van der Waals surface area contributed by atoms with Crippen LogP contribution in [0.3, 0.4) is 0 Å². The molecule has 2 rings (SSSR count). The number of likely N-dealkylation sites (N-methyl/N-ethyl adjacent to an activating group) is 1. The van der Waals surface area contributed by atoms with E-state index in [0.29, 0.717) is 17.9 Å². The Morgan fingerprint density at radius 1 is 1.23 bits per heavy atom. The van der Waals surface area contributed by atoms with Gasteiger partial charge in [-0.15, -0.1) is 0 Å². The molecule has 4 heteroatoms. The summed E-state index contributed by atoms with van der Waals surface area (Å²) < 4.78 is 5.37. The van der Waals surface area contributed by atoms with Crippen LogP contribution in [0.2, 0.25) is 0 Å². The van der Waals surface area contributed by atoms with Crippen LogP contribution in [0.25, 0.3) is 0 Å². The van der Waals surface area contributed by atoms with Gasteiger partial charge in [0.2, 0.25) is 0 Å². The largest absolute Gasteiger partial charge is 0.423 e. The molecule has 0 spiro atoms. The number of esters is 1. The summed E-state index contributed by atoms with van der Waals surface area (Å²) in [5.41, 5.74) is 2.31. The van der Waals surface area contributed by atoms with Crippen molar-refractivity contribution in [3.05, 3.63) is 65.2 Å². The van der Waals surface area contributed by atoms with Crippen molar-refractivity contribution < 1.29 is 14.6 Å². The van der Waals surface area contributed by atoms with Crippen molar-refractivity contribution in [1.82, 2.24) is 5.32 Å². The van der Waals surface area contributed by atoms with Crippen LogP contribution in [-0.2, 0) is 0 Å². The van der Waals surface area contributed by atoms with Crippen LogP contribution < -0.4 is 10.1 Å².